The van der Waals surface area contributed by atoms with E-state index in [1.807, 2.05) is 14.1 Å². The van der Waals surface area contributed by atoms with Gasteiger partial charge in [-0.05, 0) is 45.3 Å². The summed E-state index contributed by atoms with van der Waals surface area (Å²) in [6.45, 7) is 6.31. The predicted octanol–water partition coefficient (Wildman–Crippen LogP) is 0.0803. The van der Waals surface area contributed by atoms with Gasteiger partial charge in [0.15, 0.2) is 0 Å². The second-order valence-electron chi connectivity index (χ2n) is 6.66. The third-order valence-corrected chi connectivity index (χ3v) is 4.63. The fraction of sp³-hybridized carbons (Fsp3) is 0.933. The van der Waals surface area contributed by atoms with Gasteiger partial charge in [0.05, 0.1) is 6.54 Å². The van der Waals surface area contributed by atoms with Gasteiger partial charge in [-0.1, -0.05) is 0 Å². The number of hydrogen-bond donors (Lipinski definition) is 1. The van der Waals surface area contributed by atoms with Crippen molar-refractivity contribution in [3.63, 3.8) is 0 Å². The monoisotopic (exact) mass is 282 g/mol. The van der Waals surface area contributed by atoms with Crippen LogP contribution in [0.3, 0.4) is 0 Å². The summed E-state index contributed by atoms with van der Waals surface area (Å²) in [4.78, 5) is 18.1. The van der Waals surface area contributed by atoms with Crippen LogP contribution in [0.25, 0.3) is 0 Å². The lowest BCUT2D eigenvalue weighted by Gasteiger charge is -2.33. The minimum absolute atomic E-state index is 0.213. The first kappa shape index (κ1) is 15.7. The summed E-state index contributed by atoms with van der Waals surface area (Å²) < 4.78 is 0. The molecule has 0 radical (unpaired) electrons. The van der Waals surface area contributed by atoms with Gasteiger partial charge in [-0.2, -0.15) is 0 Å². The van der Waals surface area contributed by atoms with Crippen molar-refractivity contribution in [2.75, 3.05) is 60.4 Å². The van der Waals surface area contributed by atoms with E-state index in [4.69, 9.17) is 0 Å². The van der Waals surface area contributed by atoms with Gasteiger partial charge in [-0.25, -0.2) is 0 Å². The van der Waals surface area contributed by atoms with Crippen molar-refractivity contribution in [2.24, 2.45) is 5.92 Å². The molecule has 0 aromatic rings. The molecule has 5 nitrogen and oxygen atoms in total. The molecular formula is C15H30N4O. The lowest BCUT2D eigenvalue weighted by molar-refractivity contribution is -0.130. The van der Waals surface area contributed by atoms with Crippen molar-refractivity contribution in [3.05, 3.63) is 0 Å². The Morgan fingerprint density at radius 2 is 1.90 bits per heavy atom. The molecule has 2 saturated heterocycles. The van der Waals surface area contributed by atoms with Gasteiger partial charge in [-0.3, -0.25) is 9.69 Å². The molecule has 0 aliphatic carbocycles. The van der Waals surface area contributed by atoms with Crippen molar-refractivity contribution in [1.29, 1.82) is 0 Å². The van der Waals surface area contributed by atoms with Gasteiger partial charge >= 0.3 is 0 Å². The second-order valence-corrected chi connectivity index (χ2v) is 6.66. The van der Waals surface area contributed by atoms with Crippen LogP contribution in [-0.4, -0.2) is 87.1 Å². The number of amides is 1. The van der Waals surface area contributed by atoms with Crippen LogP contribution in [0.5, 0.6) is 0 Å². The van der Waals surface area contributed by atoms with Crippen molar-refractivity contribution in [3.8, 4) is 0 Å². The largest absolute Gasteiger partial charge is 0.348 e. The molecule has 0 saturated carbocycles. The first-order valence-electron chi connectivity index (χ1n) is 7.89. The Labute approximate surface area is 123 Å². The Hall–Kier alpha value is -0.650. The highest BCUT2D eigenvalue weighted by Gasteiger charge is 2.23. The summed E-state index contributed by atoms with van der Waals surface area (Å²) in [5, 5.41) is 3.73. The number of piperidine rings is 1. The van der Waals surface area contributed by atoms with Crippen molar-refractivity contribution >= 4 is 5.91 Å². The van der Waals surface area contributed by atoms with E-state index in [1.165, 1.54) is 32.4 Å². The van der Waals surface area contributed by atoms with Crippen LogP contribution in [0.2, 0.25) is 0 Å². The molecule has 1 N–H and O–H groups in total. The number of carbonyl (C=O) groups excluding carboxylic acids is 1. The molecular weight excluding hydrogens is 252 g/mol. The van der Waals surface area contributed by atoms with Gasteiger partial charge < -0.3 is 15.1 Å². The zero-order valence-corrected chi connectivity index (χ0v) is 13.3. The fourth-order valence-electron chi connectivity index (χ4n) is 3.15. The normalized spacial score (nSPS) is 26.1. The van der Waals surface area contributed by atoms with E-state index in [0.29, 0.717) is 12.6 Å². The van der Waals surface area contributed by atoms with Crippen molar-refractivity contribution in [2.45, 2.75) is 25.3 Å². The SMILES string of the molecule is CN1CCC(CNC2CCN(CC(=O)N(C)C)CC2)C1. The molecule has 2 rings (SSSR count). The van der Waals surface area contributed by atoms with Crippen LogP contribution < -0.4 is 5.32 Å². The minimum atomic E-state index is 0.213. The maximum Gasteiger partial charge on any atom is 0.236 e. The zero-order chi connectivity index (χ0) is 14.5. The Bertz CT molecular complexity index is 313. The highest BCUT2D eigenvalue weighted by Crippen LogP contribution is 2.15. The molecule has 2 heterocycles. The van der Waals surface area contributed by atoms with Crippen LogP contribution in [0, 0.1) is 5.92 Å². The topological polar surface area (TPSA) is 38.8 Å². The number of nitrogens with one attached hydrogen (secondary N) is 1. The van der Waals surface area contributed by atoms with Crippen LogP contribution in [-0.2, 0) is 4.79 Å². The summed E-state index contributed by atoms with van der Waals surface area (Å²) >= 11 is 0. The first-order valence-corrected chi connectivity index (χ1v) is 7.89. The highest BCUT2D eigenvalue weighted by atomic mass is 16.2. The Kier molecular flexibility index (Phi) is 5.81. The molecule has 2 aliphatic rings. The van der Waals surface area contributed by atoms with Crippen LogP contribution in [0.4, 0.5) is 0 Å². The van der Waals surface area contributed by atoms with Gasteiger partial charge in [0.1, 0.15) is 0 Å². The van der Waals surface area contributed by atoms with Crippen molar-refractivity contribution < 1.29 is 4.79 Å². The molecule has 5 heteroatoms. The van der Waals surface area contributed by atoms with E-state index in [-0.39, 0.29) is 5.91 Å². The molecule has 1 atom stereocenters. The Morgan fingerprint density at radius 3 is 2.45 bits per heavy atom. The molecule has 2 aliphatic heterocycles. The van der Waals surface area contributed by atoms with E-state index in [0.717, 1.165) is 25.6 Å². The van der Waals surface area contributed by atoms with Crippen LogP contribution in [0.15, 0.2) is 0 Å². The molecule has 116 valence electrons. The molecule has 0 aromatic carbocycles. The standard InChI is InChI=1S/C15H30N4O/c1-17(2)15(20)12-19-8-5-14(6-9-19)16-10-13-4-7-18(3)11-13/h13-14,16H,4-12H2,1-3H3. The fourth-order valence-corrected chi connectivity index (χ4v) is 3.15. The maximum atomic E-state index is 11.7. The lowest BCUT2D eigenvalue weighted by Crippen LogP contribution is -2.46. The molecule has 1 amide bonds. The van der Waals surface area contributed by atoms with Crippen molar-refractivity contribution in [1.82, 2.24) is 20.0 Å². The molecule has 0 spiro atoms. The summed E-state index contributed by atoms with van der Waals surface area (Å²) in [5.41, 5.74) is 0. The van der Waals surface area contributed by atoms with Gasteiger partial charge in [-0.15, -0.1) is 0 Å². The number of carbonyl (C=O) groups is 1. The van der Waals surface area contributed by atoms with Gasteiger partial charge in [0.2, 0.25) is 5.91 Å². The summed E-state index contributed by atoms with van der Waals surface area (Å²) in [6, 6.07) is 0.645. The number of rotatable bonds is 5. The van der Waals surface area contributed by atoms with E-state index >= 15 is 0 Å². The van der Waals surface area contributed by atoms with Gasteiger partial charge in [0, 0.05) is 39.8 Å². The summed E-state index contributed by atoms with van der Waals surface area (Å²) in [7, 11) is 5.87. The summed E-state index contributed by atoms with van der Waals surface area (Å²) in [6.07, 6.45) is 3.67. The average molecular weight is 282 g/mol. The number of hydrogen-bond acceptors (Lipinski definition) is 4. The summed E-state index contributed by atoms with van der Waals surface area (Å²) in [5.74, 6) is 1.04. The number of likely N-dealkylation sites (tertiary alicyclic amines) is 2. The Morgan fingerprint density at radius 1 is 1.20 bits per heavy atom. The molecule has 0 bridgehead atoms. The van der Waals surface area contributed by atoms with Crippen LogP contribution in [0.1, 0.15) is 19.3 Å². The van der Waals surface area contributed by atoms with Gasteiger partial charge in [0.25, 0.3) is 0 Å². The van der Waals surface area contributed by atoms with E-state index in [2.05, 4.69) is 22.2 Å². The maximum absolute atomic E-state index is 11.7. The van der Waals surface area contributed by atoms with E-state index in [1.54, 1.807) is 4.90 Å². The minimum Gasteiger partial charge on any atom is -0.348 e. The highest BCUT2D eigenvalue weighted by molar-refractivity contribution is 5.77. The van der Waals surface area contributed by atoms with E-state index < -0.39 is 0 Å². The Balaban J connectivity index is 1.60. The first-order chi connectivity index (χ1) is 9.54. The number of nitrogens with zero attached hydrogens (tertiary/aromatic N) is 3. The molecule has 0 aromatic heterocycles. The molecule has 1 unspecified atom stereocenters. The van der Waals surface area contributed by atoms with E-state index in [9.17, 15) is 4.79 Å². The molecule has 20 heavy (non-hydrogen) atoms. The number of likely N-dealkylation sites (N-methyl/N-ethyl adjacent to an activating group) is 1. The average Bonchev–Trinajstić information content (AvgIpc) is 2.83. The third-order valence-electron chi connectivity index (χ3n) is 4.63. The van der Waals surface area contributed by atoms with Crippen LogP contribution >= 0.6 is 0 Å². The predicted molar refractivity (Wildman–Crippen MR) is 81.8 cm³/mol. The quantitative estimate of drug-likeness (QED) is 0.775. The second kappa shape index (κ2) is 7.38. The third kappa shape index (κ3) is 4.72. The smallest absolute Gasteiger partial charge is 0.236 e. The zero-order valence-electron chi connectivity index (χ0n) is 13.3. The molecule has 2 fully saturated rings. The lowest BCUT2D eigenvalue weighted by atomic mass is 10.0.